The van der Waals surface area contributed by atoms with Crippen molar-refractivity contribution in [3.63, 3.8) is 0 Å². The van der Waals surface area contributed by atoms with E-state index in [0.29, 0.717) is 0 Å². The normalized spacial score (nSPS) is 10.8. The van der Waals surface area contributed by atoms with E-state index in [1.807, 2.05) is 29.7 Å². The number of hydrogen-bond donors (Lipinski definition) is 0. The van der Waals surface area contributed by atoms with Crippen molar-refractivity contribution in [3.05, 3.63) is 59.9 Å². The molecule has 0 amide bonds. The van der Waals surface area contributed by atoms with Crippen molar-refractivity contribution < 1.29 is 9.13 Å². The van der Waals surface area contributed by atoms with E-state index in [4.69, 9.17) is 4.74 Å². The number of methoxy groups -OCH3 is 1. The summed E-state index contributed by atoms with van der Waals surface area (Å²) < 4.78 is 20.4. The quantitative estimate of drug-likeness (QED) is 0.622. The topological polar surface area (TPSA) is 39.9 Å². The average molecular weight is 343 g/mol. The molecule has 6 heteroatoms. The smallest absolute Gasteiger partial charge is 0.191 e. The van der Waals surface area contributed by atoms with Crippen LogP contribution < -0.4 is 4.74 Å². The molecule has 4 nitrogen and oxygen atoms in total. The van der Waals surface area contributed by atoms with Crippen LogP contribution in [0.5, 0.6) is 5.75 Å². The number of rotatable bonds is 6. The van der Waals surface area contributed by atoms with Crippen molar-refractivity contribution in [1.82, 2.24) is 14.8 Å². The summed E-state index contributed by atoms with van der Waals surface area (Å²) in [6.45, 7) is 2.80. The van der Waals surface area contributed by atoms with Gasteiger partial charge in [-0.1, -0.05) is 23.9 Å². The highest BCUT2D eigenvalue weighted by Crippen LogP contribution is 2.27. The number of halogens is 1. The Morgan fingerprint density at radius 1 is 1.12 bits per heavy atom. The largest absolute Gasteiger partial charge is 0.497 e. The second-order valence-electron chi connectivity index (χ2n) is 5.20. The van der Waals surface area contributed by atoms with E-state index in [2.05, 4.69) is 16.3 Å². The molecule has 0 atom stereocenters. The molecule has 2 aromatic carbocycles. The van der Waals surface area contributed by atoms with Crippen LogP contribution in [-0.4, -0.2) is 21.9 Å². The maximum absolute atomic E-state index is 13.1. The van der Waals surface area contributed by atoms with E-state index in [0.717, 1.165) is 40.2 Å². The molecule has 1 aromatic heterocycles. The maximum Gasteiger partial charge on any atom is 0.191 e. The minimum absolute atomic E-state index is 0.256. The van der Waals surface area contributed by atoms with Crippen LogP contribution in [0.25, 0.3) is 11.4 Å². The molecule has 3 aromatic rings. The second kappa shape index (κ2) is 7.49. The van der Waals surface area contributed by atoms with Gasteiger partial charge in [0.2, 0.25) is 0 Å². The first kappa shape index (κ1) is 16.5. The van der Waals surface area contributed by atoms with Crippen molar-refractivity contribution >= 4 is 11.8 Å². The summed E-state index contributed by atoms with van der Waals surface area (Å²) in [4.78, 5) is 0. The highest BCUT2D eigenvalue weighted by molar-refractivity contribution is 7.98. The molecule has 3 rings (SSSR count). The molecule has 0 N–H and O–H groups in total. The molecule has 0 aliphatic carbocycles. The third-order valence-corrected chi connectivity index (χ3v) is 4.68. The lowest BCUT2D eigenvalue weighted by Crippen LogP contribution is -2.00. The van der Waals surface area contributed by atoms with Crippen molar-refractivity contribution in [1.29, 1.82) is 0 Å². The number of thioether (sulfide) groups is 1. The fraction of sp³-hybridized carbons (Fsp3) is 0.222. The monoisotopic (exact) mass is 343 g/mol. The first-order valence-electron chi connectivity index (χ1n) is 7.66. The SMILES string of the molecule is CCn1c(SCc2cccc(OC)c2)nnc1-c1ccc(F)cc1. The molecule has 0 saturated carbocycles. The number of aromatic nitrogens is 3. The molecule has 0 fully saturated rings. The number of hydrogen-bond acceptors (Lipinski definition) is 4. The molecule has 124 valence electrons. The van der Waals surface area contributed by atoms with Gasteiger partial charge in [0.25, 0.3) is 0 Å². The van der Waals surface area contributed by atoms with Crippen LogP contribution in [0, 0.1) is 5.82 Å². The van der Waals surface area contributed by atoms with E-state index in [1.54, 1.807) is 31.0 Å². The van der Waals surface area contributed by atoms with Crippen LogP contribution in [0.15, 0.2) is 53.7 Å². The molecule has 0 aliphatic heterocycles. The van der Waals surface area contributed by atoms with Crippen LogP contribution in [0.1, 0.15) is 12.5 Å². The second-order valence-corrected chi connectivity index (χ2v) is 6.14. The van der Waals surface area contributed by atoms with Gasteiger partial charge in [-0.05, 0) is 48.9 Å². The molecule has 1 heterocycles. The summed E-state index contributed by atoms with van der Waals surface area (Å²) in [5.74, 6) is 2.12. The van der Waals surface area contributed by atoms with Crippen molar-refractivity contribution in [2.24, 2.45) is 0 Å². The highest BCUT2D eigenvalue weighted by atomic mass is 32.2. The Hall–Kier alpha value is -2.34. The predicted octanol–water partition coefficient (Wildman–Crippen LogP) is 4.41. The van der Waals surface area contributed by atoms with Gasteiger partial charge in [-0.15, -0.1) is 10.2 Å². The molecule has 0 saturated heterocycles. The fourth-order valence-electron chi connectivity index (χ4n) is 2.40. The van der Waals surface area contributed by atoms with Crippen LogP contribution in [0.4, 0.5) is 4.39 Å². The van der Waals surface area contributed by atoms with Gasteiger partial charge in [0.1, 0.15) is 11.6 Å². The zero-order chi connectivity index (χ0) is 16.9. The Labute approximate surface area is 144 Å². The first-order chi connectivity index (χ1) is 11.7. The summed E-state index contributed by atoms with van der Waals surface area (Å²) in [6.07, 6.45) is 0. The van der Waals surface area contributed by atoms with Crippen molar-refractivity contribution in [3.8, 4) is 17.1 Å². The van der Waals surface area contributed by atoms with Gasteiger partial charge in [-0.3, -0.25) is 0 Å². The Morgan fingerprint density at radius 3 is 2.62 bits per heavy atom. The number of nitrogens with zero attached hydrogens (tertiary/aromatic N) is 3. The standard InChI is InChI=1S/C18H18FN3OS/c1-3-22-17(14-7-9-15(19)10-8-14)20-21-18(22)24-12-13-5-4-6-16(11-13)23-2/h4-11H,3,12H2,1-2H3. The predicted molar refractivity (Wildman–Crippen MR) is 93.6 cm³/mol. The average Bonchev–Trinajstić information content (AvgIpc) is 3.03. The Morgan fingerprint density at radius 2 is 1.92 bits per heavy atom. The van der Waals surface area contributed by atoms with Gasteiger partial charge in [-0.2, -0.15) is 0 Å². The summed E-state index contributed by atoms with van der Waals surface area (Å²) in [7, 11) is 1.66. The fourth-order valence-corrected chi connectivity index (χ4v) is 3.35. The molecule has 0 radical (unpaired) electrons. The van der Waals surface area contributed by atoms with Crippen LogP contribution in [0.2, 0.25) is 0 Å². The molecular formula is C18H18FN3OS. The lowest BCUT2D eigenvalue weighted by atomic mass is 10.2. The zero-order valence-corrected chi connectivity index (χ0v) is 14.4. The molecule has 0 aliphatic rings. The third-order valence-electron chi connectivity index (χ3n) is 3.64. The summed E-state index contributed by atoms with van der Waals surface area (Å²) in [5, 5.41) is 9.42. The summed E-state index contributed by atoms with van der Waals surface area (Å²) in [5.41, 5.74) is 2.02. The van der Waals surface area contributed by atoms with Crippen LogP contribution >= 0.6 is 11.8 Å². The van der Waals surface area contributed by atoms with E-state index >= 15 is 0 Å². The van der Waals surface area contributed by atoms with Gasteiger partial charge < -0.3 is 9.30 Å². The highest BCUT2D eigenvalue weighted by Gasteiger charge is 2.13. The summed E-state index contributed by atoms with van der Waals surface area (Å²) >= 11 is 1.62. The number of ether oxygens (including phenoxy) is 1. The van der Waals surface area contributed by atoms with Gasteiger partial charge in [0.05, 0.1) is 7.11 Å². The van der Waals surface area contributed by atoms with E-state index < -0.39 is 0 Å². The van der Waals surface area contributed by atoms with Gasteiger partial charge >= 0.3 is 0 Å². The minimum atomic E-state index is -0.256. The maximum atomic E-state index is 13.1. The molecule has 0 spiro atoms. The Balaban J connectivity index is 1.80. The van der Waals surface area contributed by atoms with E-state index in [1.165, 1.54) is 12.1 Å². The van der Waals surface area contributed by atoms with Gasteiger partial charge in [0, 0.05) is 17.9 Å². The summed E-state index contributed by atoms with van der Waals surface area (Å²) in [6, 6.07) is 14.3. The minimum Gasteiger partial charge on any atom is -0.497 e. The molecule has 0 unspecified atom stereocenters. The van der Waals surface area contributed by atoms with Crippen molar-refractivity contribution in [2.45, 2.75) is 24.4 Å². The van der Waals surface area contributed by atoms with Crippen LogP contribution in [-0.2, 0) is 12.3 Å². The van der Waals surface area contributed by atoms with E-state index in [-0.39, 0.29) is 5.82 Å². The Kier molecular flexibility index (Phi) is 5.15. The van der Waals surface area contributed by atoms with Crippen LogP contribution in [0.3, 0.4) is 0 Å². The Bertz CT molecular complexity index is 817. The van der Waals surface area contributed by atoms with Gasteiger partial charge in [0.15, 0.2) is 11.0 Å². The van der Waals surface area contributed by atoms with E-state index in [9.17, 15) is 4.39 Å². The third kappa shape index (κ3) is 3.59. The zero-order valence-electron chi connectivity index (χ0n) is 13.6. The number of benzene rings is 2. The van der Waals surface area contributed by atoms with Crippen molar-refractivity contribution in [2.75, 3.05) is 7.11 Å². The van der Waals surface area contributed by atoms with Gasteiger partial charge in [-0.25, -0.2) is 4.39 Å². The molecule has 0 bridgehead atoms. The first-order valence-corrected chi connectivity index (χ1v) is 8.64. The lowest BCUT2D eigenvalue weighted by molar-refractivity contribution is 0.414. The lowest BCUT2D eigenvalue weighted by Gasteiger charge is -2.08. The molecule has 24 heavy (non-hydrogen) atoms. The molecular weight excluding hydrogens is 325 g/mol.